The molecule has 91 valence electrons. The second-order valence-corrected chi connectivity index (χ2v) is 5.05. The van der Waals surface area contributed by atoms with Crippen molar-refractivity contribution in [2.45, 2.75) is 32.1 Å². The normalized spacial score (nSPS) is 16.5. The van der Waals surface area contributed by atoms with E-state index in [1.807, 2.05) is 0 Å². The first-order valence-electron chi connectivity index (χ1n) is 6.89. The second kappa shape index (κ2) is 4.97. The molecule has 0 aromatic heterocycles. The molecule has 1 radical (unpaired) electrons. The van der Waals surface area contributed by atoms with Crippen LogP contribution in [-0.4, -0.2) is 0 Å². The number of rotatable bonds is 3. The highest BCUT2D eigenvalue weighted by atomic mass is 14.3. The molecule has 0 N–H and O–H groups in total. The van der Waals surface area contributed by atoms with Crippen LogP contribution in [0.5, 0.6) is 0 Å². The topological polar surface area (TPSA) is 0 Å². The van der Waals surface area contributed by atoms with Crippen LogP contribution in [0.15, 0.2) is 54.6 Å². The molecule has 2 aromatic rings. The fourth-order valence-corrected chi connectivity index (χ4v) is 3.19. The molecule has 1 aliphatic carbocycles. The standard InChI is InChI=1S/C18H19/c1-2-16(14-8-4-3-5-9-14)18-13-12-15-10-6-7-11-17(15)18/h3-11,16H,2,12-13H2,1H3. The summed E-state index contributed by atoms with van der Waals surface area (Å²) in [6.45, 7) is 2.30. The zero-order chi connectivity index (χ0) is 12.4. The molecule has 0 nitrogen and oxygen atoms in total. The van der Waals surface area contributed by atoms with Gasteiger partial charge in [0.2, 0.25) is 0 Å². The third-order valence-electron chi connectivity index (χ3n) is 4.06. The molecule has 0 heteroatoms. The lowest BCUT2D eigenvalue weighted by Crippen LogP contribution is -2.08. The predicted octanol–water partition coefficient (Wildman–Crippen LogP) is 4.75. The second-order valence-electron chi connectivity index (χ2n) is 5.05. The number of hydrogen-bond acceptors (Lipinski definition) is 0. The van der Waals surface area contributed by atoms with E-state index in [0.717, 1.165) is 0 Å². The molecule has 0 spiro atoms. The molecule has 0 bridgehead atoms. The highest BCUT2D eigenvalue weighted by molar-refractivity contribution is 5.48. The Bertz CT molecular complexity index is 513. The lowest BCUT2D eigenvalue weighted by molar-refractivity contribution is 0.664. The van der Waals surface area contributed by atoms with Crippen LogP contribution in [0.1, 0.15) is 42.4 Å². The quantitative estimate of drug-likeness (QED) is 0.720. The van der Waals surface area contributed by atoms with E-state index in [9.17, 15) is 0 Å². The number of hydrogen-bond donors (Lipinski definition) is 0. The number of aryl methyl sites for hydroxylation is 1. The largest absolute Gasteiger partial charge is 0.0648 e. The lowest BCUT2D eigenvalue weighted by atomic mass is 9.81. The van der Waals surface area contributed by atoms with Crippen molar-refractivity contribution < 1.29 is 0 Å². The molecule has 1 aliphatic rings. The van der Waals surface area contributed by atoms with E-state index in [1.165, 1.54) is 36.0 Å². The van der Waals surface area contributed by atoms with Crippen LogP contribution < -0.4 is 0 Å². The van der Waals surface area contributed by atoms with Crippen molar-refractivity contribution in [3.05, 3.63) is 77.2 Å². The average Bonchev–Trinajstić information content (AvgIpc) is 2.85. The van der Waals surface area contributed by atoms with Gasteiger partial charge in [-0.1, -0.05) is 61.5 Å². The molecule has 0 saturated heterocycles. The van der Waals surface area contributed by atoms with E-state index in [4.69, 9.17) is 0 Å². The molecular formula is C18H19. The van der Waals surface area contributed by atoms with Crippen molar-refractivity contribution in [1.82, 2.24) is 0 Å². The minimum atomic E-state index is 0.592. The molecule has 1 unspecified atom stereocenters. The zero-order valence-electron chi connectivity index (χ0n) is 10.9. The fraction of sp³-hybridized carbons (Fsp3) is 0.278. The molecule has 3 rings (SSSR count). The van der Waals surface area contributed by atoms with Crippen LogP contribution in [-0.2, 0) is 6.42 Å². The van der Waals surface area contributed by atoms with Gasteiger partial charge in [-0.2, -0.15) is 0 Å². The number of fused-ring (bicyclic) bond motifs is 1. The van der Waals surface area contributed by atoms with Crippen LogP contribution in [0.2, 0.25) is 0 Å². The summed E-state index contributed by atoms with van der Waals surface area (Å²) in [6.07, 6.45) is 3.63. The van der Waals surface area contributed by atoms with Crippen LogP contribution in [0.3, 0.4) is 0 Å². The monoisotopic (exact) mass is 235 g/mol. The van der Waals surface area contributed by atoms with E-state index >= 15 is 0 Å². The Kier molecular flexibility index (Phi) is 3.19. The van der Waals surface area contributed by atoms with Crippen LogP contribution >= 0.6 is 0 Å². The SMILES string of the molecule is CCC([C]1CCc2ccccc21)c1ccccc1. The zero-order valence-corrected chi connectivity index (χ0v) is 10.9. The highest BCUT2D eigenvalue weighted by Crippen LogP contribution is 2.43. The maximum atomic E-state index is 2.30. The van der Waals surface area contributed by atoms with E-state index in [1.54, 1.807) is 5.92 Å². The Morgan fingerprint density at radius 1 is 0.889 bits per heavy atom. The first-order chi connectivity index (χ1) is 8.90. The Labute approximate surface area is 110 Å². The Morgan fingerprint density at radius 3 is 2.39 bits per heavy atom. The minimum absolute atomic E-state index is 0.592. The maximum Gasteiger partial charge on any atom is 0.0130 e. The van der Waals surface area contributed by atoms with Gasteiger partial charge in [-0.15, -0.1) is 0 Å². The summed E-state index contributed by atoms with van der Waals surface area (Å²) in [5.41, 5.74) is 4.50. The molecule has 0 heterocycles. The van der Waals surface area contributed by atoms with Gasteiger partial charge >= 0.3 is 0 Å². The summed E-state index contributed by atoms with van der Waals surface area (Å²) in [7, 11) is 0. The summed E-state index contributed by atoms with van der Waals surface area (Å²) in [4.78, 5) is 0. The third kappa shape index (κ3) is 1.96. The maximum absolute atomic E-state index is 2.30. The van der Waals surface area contributed by atoms with Crippen molar-refractivity contribution in [1.29, 1.82) is 0 Å². The van der Waals surface area contributed by atoms with Gasteiger partial charge in [0.1, 0.15) is 0 Å². The molecule has 0 saturated carbocycles. The van der Waals surface area contributed by atoms with Gasteiger partial charge in [0.25, 0.3) is 0 Å². The molecule has 0 amide bonds. The predicted molar refractivity (Wildman–Crippen MR) is 76.6 cm³/mol. The van der Waals surface area contributed by atoms with Gasteiger partial charge < -0.3 is 0 Å². The van der Waals surface area contributed by atoms with E-state index in [2.05, 4.69) is 61.5 Å². The smallest absolute Gasteiger partial charge is 0.0130 e. The summed E-state index contributed by atoms with van der Waals surface area (Å²) in [6, 6.07) is 19.8. The van der Waals surface area contributed by atoms with Gasteiger partial charge in [-0.25, -0.2) is 0 Å². The van der Waals surface area contributed by atoms with Gasteiger partial charge in [-0.05, 0) is 41.9 Å². The molecule has 2 aromatic carbocycles. The highest BCUT2D eigenvalue weighted by Gasteiger charge is 2.29. The first-order valence-corrected chi connectivity index (χ1v) is 6.89. The third-order valence-corrected chi connectivity index (χ3v) is 4.06. The minimum Gasteiger partial charge on any atom is -0.0648 e. The molecule has 0 fully saturated rings. The van der Waals surface area contributed by atoms with Crippen LogP contribution in [0.4, 0.5) is 0 Å². The van der Waals surface area contributed by atoms with E-state index in [0.29, 0.717) is 5.92 Å². The molecular weight excluding hydrogens is 216 g/mol. The van der Waals surface area contributed by atoms with E-state index in [-0.39, 0.29) is 0 Å². The summed E-state index contributed by atoms with van der Waals surface area (Å²) in [5.74, 6) is 2.23. The van der Waals surface area contributed by atoms with Crippen molar-refractivity contribution in [3.63, 3.8) is 0 Å². The van der Waals surface area contributed by atoms with Crippen molar-refractivity contribution >= 4 is 0 Å². The van der Waals surface area contributed by atoms with Gasteiger partial charge in [0.15, 0.2) is 0 Å². The van der Waals surface area contributed by atoms with Crippen molar-refractivity contribution in [3.8, 4) is 0 Å². The Balaban J connectivity index is 1.95. The molecule has 0 aliphatic heterocycles. The van der Waals surface area contributed by atoms with Crippen LogP contribution in [0, 0.1) is 5.92 Å². The molecule has 18 heavy (non-hydrogen) atoms. The molecule has 1 atom stereocenters. The fourth-order valence-electron chi connectivity index (χ4n) is 3.19. The lowest BCUT2D eigenvalue weighted by Gasteiger charge is -2.23. The van der Waals surface area contributed by atoms with Gasteiger partial charge in [0.05, 0.1) is 0 Å². The van der Waals surface area contributed by atoms with Crippen LogP contribution in [0.25, 0.3) is 0 Å². The Hall–Kier alpha value is -1.56. The Morgan fingerprint density at radius 2 is 1.61 bits per heavy atom. The van der Waals surface area contributed by atoms with Gasteiger partial charge in [-0.3, -0.25) is 0 Å². The van der Waals surface area contributed by atoms with Crippen molar-refractivity contribution in [2.75, 3.05) is 0 Å². The summed E-state index contributed by atoms with van der Waals surface area (Å²) < 4.78 is 0. The van der Waals surface area contributed by atoms with Crippen molar-refractivity contribution in [2.24, 2.45) is 0 Å². The summed E-state index contributed by atoms with van der Waals surface area (Å²) in [5, 5.41) is 0. The van der Waals surface area contributed by atoms with Gasteiger partial charge in [0, 0.05) is 5.92 Å². The first kappa shape index (κ1) is 11.5. The summed E-state index contributed by atoms with van der Waals surface area (Å²) >= 11 is 0. The number of benzene rings is 2. The average molecular weight is 235 g/mol. The van der Waals surface area contributed by atoms with E-state index < -0.39 is 0 Å².